The highest BCUT2D eigenvalue weighted by Gasteiger charge is 2.21. The van der Waals surface area contributed by atoms with Gasteiger partial charge in [-0.05, 0) is 35.9 Å². The standard InChI is InChI=1S/C18H16N2O5/c21-10-14(16-2-1-6-23-16)19-18(22)17-9-13(20-25-17)11-3-4-15-12(8-11)5-7-24-15/h1-4,6,8-9,14,21H,5,7,10H2,(H,19,22). The van der Waals surface area contributed by atoms with Crippen molar-refractivity contribution in [2.24, 2.45) is 0 Å². The van der Waals surface area contributed by atoms with Crippen molar-refractivity contribution in [3.8, 4) is 17.0 Å². The van der Waals surface area contributed by atoms with Crippen molar-refractivity contribution < 1.29 is 23.6 Å². The molecule has 0 saturated heterocycles. The molecule has 25 heavy (non-hydrogen) atoms. The number of fused-ring (bicyclic) bond motifs is 1. The molecule has 1 aliphatic rings. The fraction of sp³-hybridized carbons (Fsp3) is 0.222. The van der Waals surface area contributed by atoms with Gasteiger partial charge < -0.3 is 24.1 Å². The van der Waals surface area contributed by atoms with E-state index in [1.165, 1.54) is 6.26 Å². The maximum atomic E-state index is 12.3. The maximum absolute atomic E-state index is 12.3. The van der Waals surface area contributed by atoms with Gasteiger partial charge in [0, 0.05) is 18.1 Å². The van der Waals surface area contributed by atoms with E-state index in [4.69, 9.17) is 13.7 Å². The normalized spacial score (nSPS) is 14.0. The molecule has 1 unspecified atom stereocenters. The average molecular weight is 340 g/mol. The van der Waals surface area contributed by atoms with Crippen LogP contribution in [-0.4, -0.2) is 29.4 Å². The number of furan rings is 1. The number of hydrogen-bond acceptors (Lipinski definition) is 6. The number of rotatable bonds is 5. The van der Waals surface area contributed by atoms with E-state index in [1.54, 1.807) is 18.2 Å². The van der Waals surface area contributed by atoms with Gasteiger partial charge in [-0.15, -0.1) is 0 Å². The summed E-state index contributed by atoms with van der Waals surface area (Å²) >= 11 is 0. The Bertz CT molecular complexity index is 885. The second-order valence-corrected chi connectivity index (χ2v) is 5.72. The van der Waals surface area contributed by atoms with Crippen LogP contribution in [0, 0.1) is 0 Å². The van der Waals surface area contributed by atoms with E-state index in [-0.39, 0.29) is 12.4 Å². The van der Waals surface area contributed by atoms with Gasteiger partial charge in [0.2, 0.25) is 5.76 Å². The third-order valence-corrected chi connectivity index (χ3v) is 4.09. The first kappa shape index (κ1) is 15.5. The Balaban J connectivity index is 1.51. The number of hydrogen-bond donors (Lipinski definition) is 2. The molecule has 0 spiro atoms. The third kappa shape index (κ3) is 3.01. The largest absolute Gasteiger partial charge is 0.493 e. The van der Waals surface area contributed by atoms with E-state index in [2.05, 4.69) is 10.5 Å². The van der Waals surface area contributed by atoms with Gasteiger partial charge in [-0.1, -0.05) is 5.16 Å². The zero-order chi connectivity index (χ0) is 17.2. The molecule has 128 valence electrons. The van der Waals surface area contributed by atoms with Gasteiger partial charge in [0.15, 0.2) is 0 Å². The molecule has 3 heterocycles. The van der Waals surface area contributed by atoms with E-state index < -0.39 is 11.9 Å². The molecule has 1 aliphatic heterocycles. The lowest BCUT2D eigenvalue weighted by molar-refractivity contribution is 0.0870. The Morgan fingerprint density at radius 2 is 2.24 bits per heavy atom. The third-order valence-electron chi connectivity index (χ3n) is 4.09. The average Bonchev–Trinajstić information content (AvgIpc) is 3.39. The van der Waals surface area contributed by atoms with Gasteiger partial charge in [0.1, 0.15) is 23.2 Å². The Hall–Kier alpha value is -3.06. The van der Waals surface area contributed by atoms with Crippen molar-refractivity contribution in [1.82, 2.24) is 10.5 Å². The molecule has 0 bridgehead atoms. The number of carbonyl (C=O) groups excluding carboxylic acids is 1. The molecular weight excluding hydrogens is 324 g/mol. The molecule has 0 saturated carbocycles. The van der Waals surface area contributed by atoms with Crippen LogP contribution in [0.15, 0.2) is 51.6 Å². The molecule has 1 aromatic carbocycles. The summed E-state index contributed by atoms with van der Waals surface area (Å²) in [5.74, 6) is 0.944. The lowest BCUT2D eigenvalue weighted by Gasteiger charge is -2.12. The number of aliphatic hydroxyl groups excluding tert-OH is 1. The van der Waals surface area contributed by atoms with Crippen molar-refractivity contribution in [2.75, 3.05) is 13.2 Å². The summed E-state index contributed by atoms with van der Waals surface area (Å²) in [5, 5.41) is 16.1. The van der Waals surface area contributed by atoms with Crippen molar-refractivity contribution in [2.45, 2.75) is 12.5 Å². The monoisotopic (exact) mass is 340 g/mol. The van der Waals surface area contributed by atoms with E-state index in [1.807, 2.05) is 18.2 Å². The van der Waals surface area contributed by atoms with Crippen LogP contribution in [0.25, 0.3) is 11.3 Å². The molecule has 2 aromatic heterocycles. The van der Waals surface area contributed by atoms with E-state index >= 15 is 0 Å². The van der Waals surface area contributed by atoms with Crippen LogP contribution in [0.1, 0.15) is 27.9 Å². The highest BCUT2D eigenvalue weighted by Crippen LogP contribution is 2.30. The summed E-state index contributed by atoms with van der Waals surface area (Å²) in [5.41, 5.74) is 2.54. The van der Waals surface area contributed by atoms with Gasteiger partial charge in [-0.3, -0.25) is 4.79 Å². The van der Waals surface area contributed by atoms with Crippen molar-refractivity contribution in [1.29, 1.82) is 0 Å². The molecule has 2 N–H and O–H groups in total. The predicted molar refractivity (Wildman–Crippen MR) is 87.1 cm³/mol. The van der Waals surface area contributed by atoms with E-state index in [9.17, 15) is 9.90 Å². The minimum atomic E-state index is -0.645. The topological polar surface area (TPSA) is 97.7 Å². The van der Waals surface area contributed by atoms with Gasteiger partial charge in [-0.2, -0.15) is 0 Å². The number of nitrogens with one attached hydrogen (secondary N) is 1. The Morgan fingerprint density at radius 1 is 1.32 bits per heavy atom. The van der Waals surface area contributed by atoms with Crippen molar-refractivity contribution in [3.05, 3.63) is 59.7 Å². The smallest absolute Gasteiger partial charge is 0.290 e. The molecule has 0 radical (unpaired) electrons. The summed E-state index contributed by atoms with van der Waals surface area (Å²) in [6, 6.07) is 10.1. The highest BCUT2D eigenvalue weighted by molar-refractivity contribution is 5.92. The number of nitrogens with zero attached hydrogens (tertiary/aromatic N) is 1. The number of aliphatic hydroxyl groups is 1. The lowest BCUT2D eigenvalue weighted by atomic mass is 10.1. The lowest BCUT2D eigenvalue weighted by Crippen LogP contribution is -2.30. The summed E-state index contributed by atoms with van der Waals surface area (Å²) in [4.78, 5) is 12.3. The number of carbonyl (C=O) groups is 1. The molecule has 1 amide bonds. The number of aromatic nitrogens is 1. The van der Waals surface area contributed by atoms with Gasteiger partial charge in [0.25, 0.3) is 5.91 Å². The first-order valence-corrected chi connectivity index (χ1v) is 7.92. The molecule has 0 fully saturated rings. The van der Waals surface area contributed by atoms with Crippen LogP contribution in [0.5, 0.6) is 5.75 Å². The minimum Gasteiger partial charge on any atom is -0.493 e. The number of ether oxygens (including phenoxy) is 1. The molecule has 7 nitrogen and oxygen atoms in total. The minimum absolute atomic E-state index is 0.0664. The molecule has 0 aliphatic carbocycles. The van der Waals surface area contributed by atoms with Crippen LogP contribution in [0.4, 0.5) is 0 Å². The van der Waals surface area contributed by atoms with Crippen molar-refractivity contribution >= 4 is 5.91 Å². The zero-order valence-electron chi connectivity index (χ0n) is 13.3. The summed E-state index contributed by atoms with van der Waals surface area (Å²) in [6.45, 7) is 0.394. The summed E-state index contributed by atoms with van der Waals surface area (Å²) in [6.07, 6.45) is 2.34. The van der Waals surface area contributed by atoms with Gasteiger partial charge in [0.05, 0.1) is 19.5 Å². The summed E-state index contributed by atoms with van der Waals surface area (Å²) in [7, 11) is 0. The maximum Gasteiger partial charge on any atom is 0.290 e. The molecular formula is C18H16N2O5. The second-order valence-electron chi connectivity index (χ2n) is 5.72. The first-order chi connectivity index (χ1) is 12.2. The number of amides is 1. The van der Waals surface area contributed by atoms with Gasteiger partial charge >= 0.3 is 0 Å². The Labute approximate surface area is 143 Å². The fourth-order valence-corrected chi connectivity index (χ4v) is 2.79. The highest BCUT2D eigenvalue weighted by atomic mass is 16.5. The SMILES string of the molecule is O=C(NC(CO)c1ccco1)c1cc(-c2ccc3c(c2)CCO3)no1. The van der Waals surface area contributed by atoms with Gasteiger partial charge in [-0.25, -0.2) is 0 Å². The van der Waals surface area contributed by atoms with E-state index in [0.29, 0.717) is 18.1 Å². The van der Waals surface area contributed by atoms with Crippen LogP contribution in [0.3, 0.4) is 0 Å². The summed E-state index contributed by atoms with van der Waals surface area (Å²) < 4.78 is 15.8. The Kier molecular flexibility index (Phi) is 3.99. The van der Waals surface area contributed by atoms with Crippen LogP contribution in [0.2, 0.25) is 0 Å². The molecule has 3 aromatic rings. The second kappa shape index (κ2) is 6.45. The first-order valence-electron chi connectivity index (χ1n) is 7.92. The van der Waals surface area contributed by atoms with Crippen LogP contribution in [-0.2, 0) is 6.42 Å². The number of benzene rings is 1. The predicted octanol–water partition coefficient (Wildman–Crippen LogP) is 2.33. The molecule has 4 rings (SSSR count). The zero-order valence-corrected chi connectivity index (χ0v) is 13.3. The fourth-order valence-electron chi connectivity index (χ4n) is 2.79. The van der Waals surface area contributed by atoms with E-state index in [0.717, 1.165) is 23.3 Å². The van der Waals surface area contributed by atoms with Crippen molar-refractivity contribution in [3.63, 3.8) is 0 Å². The van der Waals surface area contributed by atoms with Crippen LogP contribution < -0.4 is 10.1 Å². The molecule has 1 atom stereocenters. The molecule has 7 heteroatoms. The van der Waals surface area contributed by atoms with Crippen LogP contribution >= 0.6 is 0 Å². The Morgan fingerprint density at radius 3 is 3.04 bits per heavy atom. The quantitative estimate of drug-likeness (QED) is 0.740.